The van der Waals surface area contributed by atoms with Gasteiger partial charge in [0.05, 0.1) is 18.0 Å². The molecule has 3 aromatic rings. The standard InChI is InChI=1S/C19H21N3O2S/c1-13-5-10-17(25-13)19-21-20-18(24-19)16-4-3-11-22(16)12-14-6-8-15(23-2)9-7-14/h5-10,16H,3-4,11-12H2,1-2H3/t16-/m1/s1. The number of hydrogen-bond donors (Lipinski definition) is 0. The lowest BCUT2D eigenvalue weighted by atomic mass is 10.1. The van der Waals surface area contributed by atoms with E-state index in [1.807, 2.05) is 18.2 Å². The third-order valence-electron chi connectivity index (χ3n) is 4.59. The molecule has 0 N–H and O–H groups in total. The number of thiophene rings is 1. The first kappa shape index (κ1) is 16.3. The summed E-state index contributed by atoms with van der Waals surface area (Å²) in [6.07, 6.45) is 2.21. The Morgan fingerprint density at radius 1 is 1.20 bits per heavy atom. The fraction of sp³-hybridized carbons (Fsp3) is 0.368. The van der Waals surface area contributed by atoms with Crippen LogP contribution in [0, 0.1) is 6.92 Å². The zero-order valence-electron chi connectivity index (χ0n) is 14.4. The number of benzene rings is 1. The van der Waals surface area contributed by atoms with Crippen molar-refractivity contribution in [1.82, 2.24) is 15.1 Å². The molecule has 1 saturated heterocycles. The van der Waals surface area contributed by atoms with Crippen LogP contribution in [0.25, 0.3) is 10.8 Å². The fourth-order valence-corrected chi connectivity index (χ4v) is 4.07. The summed E-state index contributed by atoms with van der Waals surface area (Å²) in [4.78, 5) is 4.70. The van der Waals surface area contributed by atoms with Crippen molar-refractivity contribution >= 4 is 11.3 Å². The van der Waals surface area contributed by atoms with E-state index in [0.29, 0.717) is 5.89 Å². The summed E-state index contributed by atoms with van der Waals surface area (Å²) in [5.41, 5.74) is 1.27. The predicted octanol–water partition coefficient (Wildman–Crippen LogP) is 4.45. The largest absolute Gasteiger partial charge is 0.497 e. The molecule has 1 aliphatic rings. The van der Waals surface area contributed by atoms with Gasteiger partial charge in [-0.2, -0.15) is 0 Å². The Labute approximate surface area is 151 Å². The normalized spacial score (nSPS) is 17.9. The Morgan fingerprint density at radius 3 is 2.76 bits per heavy atom. The summed E-state index contributed by atoms with van der Waals surface area (Å²) in [5, 5.41) is 8.59. The van der Waals surface area contributed by atoms with Gasteiger partial charge in [0.15, 0.2) is 0 Å². The summed E-state index contributed by atoms with van der Waals surface area (Å²) in [6, 6.07) is 12.6. The Hall–Kier alpha value is -2.18. The minimum atomic E-state index is 0.199. The van der Waals surface area contributed by atoms with Crippen LogP contribution in [0.3, 0.4) is 0 Å². The van der Waals surface area contributed by atoms with Crippen LogP contribution in [-0.4, -0.2) is 28.8 Å². The molecular weight excluding hydrogens is 334 g/mol. The first-order valence-corrected chi connectivity index (χ1v) is 9.32. The summed E-state index contributed by atoms with van der Waals surface area (Å²) in [7, 11) is 1.69. The van der Waals surface area contributed by atoms with Crippen molar-refractivity contribution in [3.63, 3.8) is 0 Å². The maximum Gasteiger partial charge on any atom is 0.257 e. The second-order valence-electron chi connectivity index (χ2n) is 6.33. The van der Waals surface area contributed by atoms with Crippen molar-refractivity contribution < 1.29 is 9.15 Å². The van der Waals surface area contributed by atoms with E-state index >= 15 is 0 Å². The van der Waals surface area contributed by atoms with Gasteiger partial charge in [0, 0.05) is 11.4 Å². The number of likely N-dealkylation sites (tertiary alicyclic amines) is 1. The summed E-state index contributed by atoms with van der Waals surface area (Å²) in [6.45, 7) is 4.01. The van der Waals surface area contributed by atoms with Gasteiger partial charge in [-0.05, 0) is 56.1 Å². The Kier molecular flexibility index (Phi) is 4.55. The van der Waals surface area contributed by atoms with Gasteiger partial charge in [0.1, 0.15) is 5.75 Å². The molecule has 1 aliphatic heterocycles. The first-order valence-electron chi connectivity index (χ1n) is 8.50. The molecule has 0 spiro atoms. The van der Waals surface area contributed by atoms with Gasteiger partial charge >= 0.3 is 0 Å². The highest BCUT2D eigenvalue weighted by atomic mass is 32.1. The zero-order valence-corrected chi connectivity index (χ0v) is 15.3. The number of aryl methyl sites for hydroxylation is 1. The molecule has 1 fully saturated rings. The zero-order chi connectivity index (χ0) is 17.2. The highest BCUT2D eigenvalue weighted by Crippen LogP contribution is 2.35. The molecule has 0 amide bonds. The van der Waals surface area contributed by atoms with Crippen molar-refractivity contribution in [2.45, 2.75) is 32.4 Å². The smallest absolute Gasteiger partial charge is 0.257 e. The molecule has 3 heterocycles. The molecule has 5 nitrogen and oxygen atoms in total. The van der Waals surface area contributed by atoms with Gasteiger partial charge in [-0.1, -0.05) is 12.1 Å². The van der Waals surface area contributed by atoms with E-state index in [1.54, 1.807) is 18.4 Å². The van der Waals surface area contributed by atoms with E-state index in [-0.39, 0.29) is 6.04 Å². The van der Waals surface area contributed by atoms with E-state index in [4.69, 9.17) is 9.15 Å². The molecule has 130 valence electrons. The first-order chi connectivity index (χ1) is 12.2. The highest BCUT2D eigenvalue weighted by molar-refractivity contribution is 7.15. The summed E-state index contributed by atoms with van der Waals surface area (Å²) in [5.74, 6) is 2.24. The van der Waals surface area contributed by atoms with Crippen molar-refractivity contribution in [2.24, 2.45) is 0 Å². The van der Waals surface area contributed by atoms with Crippen molar-refractivity contribution in [1.29, 1.82) is 0 Å². The number of hydrogen-bond acceptors (Lipinski definition) is 6. The highest BCUT2D eigenvalue weighted by Gasteiger charge is 2.30. The molecule has 25 heavy (non-hydrogen) atoms. The fourth-order valence-electron chi connectivity index (χ4n) is 3.28. The Balaban J connectivity index is 1.50. The molecule has 0 unspecified atom stereocenters. The van der Waals surface area contributed by atoms with Gasteiger partial charge < -0.3 is 9.15 Å². The maximum absolute atomic E-state index is 6.00. The van der Waals surface area contributed by atoms with Crippen LogP contribution in [0.4, 0.5) is 0 Å². The molecule has 0 radical (unpaired) electrons. The van der Waals surface area contributed by atoms with Gasteiger partial charge in [0.2, 0.25) is 5.89 Å². The number of nitrogens with zero attached hydrogens (tertiary/aromatic N) is 3. The average molecular weight is 355 g/mol. The third-order valence-corrected chi connectivity index (χ3v) is 5.57. The minimum Gasteiger partial charge on any atom is -0.497 e. The van der Waals surface area contributed by atoms with Crippen molar-refractivity contribution in [3.05, 3.63) is 52.7 Å². The van der Waals surface area contributed by atoms with Crippen LogP contribution in [0.2, 0.25) is 0 Å². The van der Waals surface area contributed by atoms with Gasteiger partial charge in [0.25, 0.3) is 5.89 Å². The molecule has 0 aliphatic carbocycles. The lowest BCUT2D eigenvalue weighted by Crippen LogP contribution is -2.23. The van der Waals surface area contributed by atoms with Gasteiger partial charge in [-0.25, -0.2) is 0 Å². The minimum absolute atomic E-state index is 0.199. The molecular formula is C19H21N3O2S. The van der Waals surface area contributed by atoms with Crippen molar-refractivity contribution in [3.8, 4) is 16.5 Å². The monoisotopic (exact) mass is 355 g/mol. The molecule has 2 aromatic heterocycles. The van der Waals surface area contributed by atoms with E-state index in [1.165, 1.54) is 10.4 Å². The number of aromatic nitrogens is 2. The van der Waals surface area contributed by atoms with Crippen LogP contribution < -0.4 is 4.74 Å². The van der Waals surface area contributed by atoms with Gasteiger partial charge in [-0.15, -0.1) is 21.5 Å². The number of methoxy groups -OCH3 is 1. The lowest BCUT2D eigenvalue weighted by Gasteiger charge is -2.21. The molecule has 1 atom stereocenters. The van der Waals surface area contributed by atoms with E-state index in [2.05, 4.69) is 40.2 Å². The van der Waals surface area contributed by atoms with Crippen LogP contribution >= 0.6 is 11.3 Å². The van der Waals surface area contributed by atoms with E-state index < -0.39 is 0 Å². The SMILES string of the molecule is COc1ccc(CN2CCC[C@@H]2c2nnc(-c3ccc(C)s3)o2)cc1. The van der Waals surface area contributed by atoms with Crippen molar-refractivity contribution in [2.75, 3.05) is 13.7 Å². The second-order valence-corrected chi connectivity index (χ2v) is 7.62. The quantitative estimate of drug-likeness (QED) is 0.677. The van der Waals surface area contributed by atoms with Crippen LogP contribution in [0.5, 0.6) is 5.75 Å². The summed E-state index contributed by atoms with van der Waals surface area (Å²) < 4.78 is 11.2. The Morgan fingerprint density at radius 2 is 2.04 bits per heavy atom. The van der Waals surface area contributed by atoms with E-state index in [9.17, 15) is 0 Å². The average Bonchev–Trinajstić information content (AvgIpc) is 3.35. The molecule has 6 heteroatoms. The molecule has 1 aromatic carbocycles. The summed E-state index contributed by atoms with van der Waals surface area (Å²) >= 11 is 1.68. The van der Waals surface area contributed by atoms with Gasteiger partial charge in [-0.3, -0.25) is 4.90 Å². The lowest BCUT2D eigenvalue weighted by molar-refractivity contribution is 0.215. The molecule has 4 rings (SSSR count). The third kappa shape index (κ3) is 3.45. The second kappa shape index (κ2) is 6.98. The number of rotatable bonds is 5. The molecule has 0 bridgehead atoms. The maximum atomic E-state index is 6.00. The predicted molar refractivity (Wildman–Crippen MR) is 97.7 cm³/mol. The topological polar surface area (TPSA) is 51.4 Å². The van der Waals surface area contributed by atoms with Crippen LogP contribution in [-0.2, 0) is 6.54 Å². The van der Waals surface area contributed by atoms with Crippen LogP contribution in [0.1, 0.15) is 35.2 Å². The van der Waals surface area contributed by atoms with Crippen LogP contribution in [0.15, 0.2) is 40.8 Å². The Bertz CT molecular complexity index is 840. The number of ether oxygens (including phenoxy) is 1. The van der Waals surface area contributed by atoms with E-state index in [0.717, 1.165) is 42.4 Å². The molecule has 0 saturated carbocycles.